The minimum absolute atomic E-state index is 0.0404. The SMILES string of the molecule is [2H]c1c([2H])c([2H])c(-c2nc(-c3ccccc3)cc(-c3cccc4c3oc3cccc(-c5cccc6c5sc5ccccc56)c34)n2)c([2H])c1[2H]. The van der Waals surface area contributed by atoms with Crippen molar-refractivity contribution < 1.29 is 11.3 Å². The van der Waals surface area contributed by atoms with Crippen LogP contribution in [-0.4, -0.2) is 9.97 Å². The van der Waals surface area contributed by atoms with E-state index in [1.165, 1.54) is 20.2 Å². The lowest BCUT2D eigenvalue weighted by Crippen LogP contribution is -1.96. The van der Waals surface area contributed by atoms with Crippen LogP contribution in [0.3, 0.4) is 0 Å². The minimum atomic E-state index is -0.465. The third kappa shape index (κ3) is 3.96. The maximum absolute atomic E-state index is 8.66. The summed E-state index contributed by atoms with van der Waals surface area (Å²) in [6.07, 6.45) is 0. The van der Waals surface area contributed by atoms with Crippen LogP contribution in [-0.2, 0) is 0 Å². The van der Waals surface area contributed by atoms with Crippen LogP contribution < -0.4 is 0 Å². The number of fused-ring (bicyclic) bond motifs is 6. The van der Waals surface area contributed by atoms with Crippen molar-refractivity contribution in [2.24, 2.45) is 0 Å². The Morgan fingerprint density at radius 1 is 0.568 bits per heavy atom. The first-order valence-corrected chi connectivity index (χ1v) is 15.1. The first kappa shape index (κ1) is 20.3. The van der Waals surface area contributed by atoms with Gasteiger partial charge in [-0.05, 0) is 29.8 Å². The predicted octanol–water partition coefficient (Wildman–Crippen LogP) is 11.4. The number of benzene rings is 6. The summed E-state index contributed by atoms with van der Waals surface area (Å²) in [6, 6.07) is 36.4. The monoisotopic (exact) mass is 585 g/mol. The van der Waals surface area contributed by atoms with Gasteiger partial charge in [0, 0.05) is 53.2 Å². The van der Waals surface area contributed by atoms with Gasteiger partial charge < -0.3 is 4.42 Å². The summed E-state index contributed by atoms with van der Waals surface area (Å²) in [6.45, 7) is 0. The Morgan fingerprint density at radius 3 is 2.16 bits per heavy atom. The maximum atomic E-state index is 8.66. The van der Waals surface area contributed by atoms with Gasteiger partial charge in [0.15, 0.2) is 5.82 Å². The lowest BCUT2D eigenvalue weighted by molar-refractivity contribution is 0.670. The summed E-state index contributed by atoms with van der Waals surface area (Å²) in [7, 11) is 0. The third-order valence-corrected chi connectivity index (χ3v) is 9.23. The normalized spacial score (nSPS) is 13.2. The van der Waals surface area contributed by atoms with E-state index in [9.17, 15) is 0 Å². The molecule has 4 heteroatoms. The Morgan fingerprint density at radius 2 is 1.27 bits per heavy atom. The van der Waals surface area contributed by atoms with Crippen LogP contribution >= 0.6 is 11.3 Å². The molecule has 0 unspecified atom stereocenters. The van der Waals surface area contributed by atoms with Crippen molar-refractivity contribution in [1.82, 2.24) is 9.97 Å². The van der Waals surface area contributed by atoms with Crippen LogP contribution in [0.25, 0.3) is 87.1 Å². The average Bonchev–Trinajstić information content (AvgIpc) is 3.72. The third-order valence-electron chi connectivity index (χ3n) is 8.01. The Bertz CT molecular complexity index is 2760. The van der Waals surface area contributed by atoms with Crippen LogP contribution in [0.5, 0.6) is 0 Å². The van der Waals surface area contributed by atoms with E-state index in [2.05, 4.69) is 54.6 Å². The molecule has 0 radical (unpaired) electrons. The number of nitrogens with zero attached hydrogens (tertiary/aromatic N) is 2. The molecule has 0 saturated carbocycles. The van der Waals surface area contributed by atoms with Crippen molar-refractivity contribution in [2.45, 2.75) is 0 Å². The summed E-state index contributed by atoms with van der Waals surface area (Å²) in [5.41, 5.74) is 6.08. The lowest BCUT2D eigenvalue weighted by atomic mass is 9.97. The fourth-order valence-corrected chi connectivity index (χ4v) is 7.28. The molecule has 9 rings (SSSR count). The fourth-order valence-electron chi connectivity index (χ4n) is 6.05. The number of para-hydroxylation sites is 1. The number of hydrogen-bond donors (Lipinski definition) is 0. The van der Waals surface area contributed by atoms with E-state index in [4.69, 9.17) is 21.2 Å². The van der Waals surface area contributed by atoms with Gasteiger partial charge in [0.25, 0.3) is 0 Å². The molecule has 0 atom stereocenters. The summed E-state index contributed by atoms with van der Waals surface area (Å²) >= 11 is 1.79. The molecule has 0 N–H and O–H groups in total. The zero-order valence-corrected chi connectivity index (χ0v) is 24.0. The number of furan rings is 1. The summed E-state index contributed by atoms with van der Waals surface area (Å²) in [5.74, 6) is 0.0404. The zero-order valence-electron chi connectivity index (χ0n) is 28.2. The first-order valence-electron chi connectivity index (χ1n) is 16.8. The molecule has 9 aromatic rings. The van der Waals surface area contributed by atoms with Crippen molar-refractivity contribution in [3.05, 3.63) is 145 Å². The van der Waals surface area contributed by atoms with Gasteiger partial charge >= 0.3 is 0 Å². The molecule has 0 saturated heterocycles. The van der Waals surface area contributed by atoms with Crippen molar-refractivity contribution in [1.29, 1.82) is 0 Å². The van der Waals surface area contributed by atoms with Crippen LogP contribution in [0.1, 0.15) is 6.85 Å². The van der Waals surface area contributed by atoms with Gasteiger partial charge in [-0.15, -0.1) is 11.3 Å². The van der Waals surface area contributed by atoms with Crippen molar-refractivity contribution in [3.63, 3.8) is 0 Å². The summed E-state index contributed by atoms with van der Waals surface area (Å²) in [4.78, 5) is 9.61. The van der Waals surface area contributed by atoms with E-state index in [0.717, 1.165) is 33.0 Å². The first-order chi connectivity index (χ1) is 23.9. The fraction of sp³-hybridized carbons (Fsp3) is 0. The smallest absolute Gasteiger partial charge is 0.160 e. The Balaban J connectivity index is 1.31. The largest absolute Gasteiger partial charge is 0.455 e. The molecule has 0 aliphatic heterocycles. The molecule has 0 amide bonds. The summed E-state index contributed by atoms with van der Waals surface area (Å²) in [5, 5.41) is 4.37. The van der Waals surface area contributed by atoms with Crippen molar-refractivity contribution in [3.8, 4) is 45.0 Å². The molecule has 0 fully saturated rings. The molecular formula is C40H24N2OS. The molecule has 0 spiro atoms. The molecular weight excluding hydrogens is 557 g/mol. The molecule has 0 aliphatic carbocycles. The molecule has 44 heavy (non-hydrogen) atoms. The Kier molecular flexibility index (Phi) is 4.63. The maximum Gasteiger partial charge on any atom is 0.160 e. The number of aromatic nitrogens is 2. The van der Waals surface area contributed by atoms with Gasteiger partial charge in [-0.1, -0.05) is 121 Å². The lowest BCUT2D eigenvalue weighted by Gasteiger charge is -2.10. The van der Waals surface area contributed by atoms with Gasteiger partial charge in [-0.3, -0.25) is 0 Å². The van der Waals surface area contributed by atoms with E-state index in [0.29, 0.717) is 22.5 Å². The molecule has 0 aliphatic rings. The van der Waals surface area contributed by atoms with Gasteiger partial charge in [0.05, 0.1) is 18.2 Å². The minimum Gasteiger partial charge on any atom is -0.455 e. The quantitative estimate of drug-likeness (QED) is 0.206. The van der Waals surface area contributed by atoms with Gasteiger partial charge in [-0.25, -0.2) is 9.97 Å². The van der Waals surface area contributed by atoms with E-state index in [1.807, 2.05) is 60.7 Å². The molecule has 3 nitrogen and oxygen atoms in total. The van der Waals surface area contributed by atoms with Crippen LogP contribution in [0.4, 0.5) is 0 Å². The predicted molar refractivity (Wildman–Crippen MR) is 184 cm³/mol. The molecule has 3 heterocycles. The topological polar surface area (TPSA) is 38.9 Å². The number of rotatable bonds is 4. The summed E-state index contributed by atoms with van der Waals surface area (Å²) < 4.78 is 51.1. The molecule has 0 bridgehead atoms. The highest BCUT2D eigenvalue weighted by atomic mass is 32.1. The van der Waals surface area contributed by atoms with Crippen LogP contribution in [0, 0.1) is 0 Å². The van der Waals surface area contributed by atoms with E-state index in [1.54, 1.807) is 11.3 Å². The van der Waals surface area contributed by atoms with Crippen molar-refractivity contribution >= 4 is 53.4 Å². The van der Waals surface area contributed by atoms with Crippen LogP contribution in [0.15, 0.2) is 150 Å². The van der Waals surface area contributed by atoms with E-state index >= 15 is 0 Å². The Labute approximate surface area is 264 Å². The average molecular weight is 586 g/mol. The van der Waals surface area contributed by atoms with E-state index < -0.39 is 18.1 Å². The standard InChI is InChI=1S/C40H24N2OS/c1-3-12-25(13-4-1)33-24-34(42-40(41-33)26-14-5-2-6-15-26)31-20-10-21-32-37-28(17-11-22-35(37)43-38(31)32)30-19-9-18-29-27-16-7-8-23-36(27)44-39(29)30/h1-24H/i2D,5D,6D,14D,15D. The van der Waals surface area contributed by atoms with E-state index in [-0.39, 0.29) is 23.5 Å². The zero-order chi connectivity index (χ0) is 33.4. The van der Waals surface area contributed by atoms with Crippen molar-refractivity contribution in [2.75, 3.05) is 0 Å². The van der Waals surface area contributed by atoms with Gasteiger partial charge in [-0.2, -0.15) is 0 Å². The van der Waals surface area contributed by atoms with Gasteiger partial charge in [0.2, 0.25) is 0 Å². The molecule has 3 aromatic heterocycles. The second-order valence-corrected chi connectivity index (χ2v) is 11.6. The molecule has 206 valence electrons. The number of thiophene rings is 1. The number of hydrogen-bond acceptors (Lipinski definition) is 4. The van der Waals surface area contributed by atoms with Gasteiger partial charge in [0.1, 0.15) is 11.2 Å². The highest BCUT2D eigenvalue weighted by molar-refractivity contribution is 7.26. The second-order valence-electron chi connectivity index (χ2n) is 10.6. The highest BCUT2D eigenvalue weighted by Gasteiger charge is 2.20. The Hall–Kier alpha value is -5.58. The second kappa shape index (κ2) is 10.0. The molecule has 6 aromatic carbocycles. The highest BCUT2D eigenvalue weighted by Crippen LogP contribution is 2.45. The van der Waals surface area contributed by atoms with Crippen LogP contribution in [0.2, 0.25) is 0 Å².